The zero-order chi connectivity index (χ0) is 13.3. The van der Waals surface area contributed by atoms with E-state index in [9.17, 15) is 5.11 Å². The molecule has 1 aromatic heterocycles. The van der Waals surface area contributed by atoms with Crippen LogP contribution in [0.25, 0.3) is 0 Å². The van der Waals surface area contributed by atoms with Crippen molar-refractivity contribution in [2.75, 3.05) is 7.11 Å². The lowest BCUT2D eigenvalue weighted by molar-refractivity contribution is 0.220. The van der Waals surface area contributed by atoms with Crippen LogP contribution in [0, 0.1) is 13.8 Å². The molecule has 1 aromatic carbocycles. The summed E-state index contributed by atoms with van der Waals surface area (Å²) in [6, 6.07) is 5.90. The van der Waals surface area contributed by atoms with E-state index in [1.54, 1.807) is 18.4 Å². The number of hydrogen-bond donors (Lipinski definition) is 1. The maximum atomic E-state index is 10.4. The Kier molecular flexibility index (Phi) is 4.10. The van der Waals surface area contributed by atoms with Gasteiger partial charge in [0.15, 0.2) is 0 Å². The minimum absolute atomic E-state index is 0.587. The summed E-state index contributed by atoms with van der Waals surface area (Å²) in [4.78, 5) is 0. The summed E-state index contributed by atoms with van der Waals surface area (Å²) in [7, 11) is 1.67. The second-order valence-corrected chi connectivity index (χ2v) is 6.57. The largest absolute Gasteiger partial charge is 0.496 e. The van der Waals surface area contributed by atoms with Crippen LogP contribution >= 0.6 is 27.3 Å². The van der Waals surface area contributed by atoms with E-state index in [2.05, 4.69) is 15.9 Å². The first-order valence-corrected chi connectivity index (χ1v) is 7.27. The van der Waals surface area contributed by atoms with Crippen molar-refractivity contribution in [3.63, 3.8) is 0 Å². The Morgan fingerprint density at radius 3 is 2.22 bits per heavy atom. The van der Waals surface area contributed by atoms with Gasteiger partial charge in [-0.05, 0) is 75.6 Å². The lowest BCUT2D eigenvalue weighted by Gasteiger charge is -2.15. The maximum absolute atomic E-state index is 10.4. The molecule has 1 N–H and O–H groups in total. The van der Waals surface area contributed by atoms with E-state index in [1.165, 1.54) is 0 Å². The third-order valence-electron chi connectivity index (χ3n) is 2.91. The maximum Gasteiger partial charge on any atom is 0.124 e. The van der Waals surface area contributed by atoms with Crippen molar-refractivity contribution in [1.82, 2.24) is 0 Å². The topological polar surface area (TPSA) is 29.5 Å². The highest BCUT2D eigenvalue weighted by molar-refractivity contribution is 9.11. The van der Waals surface area contributed by atoms with Crippen molar-refractivity contribution in [2.24, 2.45) is 0 Å². The van der Waals surface area contributed by atoms with Gasteiger partial charge in [0.25, 0.3) is 0 Å². The molecule has 0 saturated carbocycles. The van der Waals surface area contributed by atoms with Gasteiger partial charge in [0.2, 0.25) is 0 Å². The van der Waals surface area contributed by atoms with Crippen LogP contribution < -0.4 is 4.74 Å². The van der Waals surface area contributed by atoms with E-state index in [0.29, 0.717) is 0 Å². The van der Waals surface area contributed by atoms with Gasteiger partial charge in [-0.1, -0.05) is 0 Å². The molecule has 18 heavy (non-hydrogen) atoms. The van der Waals surface area contributed by atoms with Gasteiger partial charge in [-0.15, -0.1) is 11.3 Å². The van der Waals surface area contributed by atoms with E-state index in [-0.39, 0.29) is 0 Å². The summed E-state index contributed by atoms with van der Waals surface area (Å²) >= 11 is 4.99. The molecule has 0 aliphatic carbocycles. The van der Waals surface area contributed by atoms with Gasteiger partial charge in [0, 0.05) is 0 Å². The molecule has 4 heteroatoms. The normalized spacial score (nSPS) is 12.5. The van der Waals surface area contributed by atoms with Crippen LogP contribution in [0.15, 0.2) is 27.4 Å². The van der Waals surface area contributed by atoms with Gasteiger partial charge in [-0.2, -0.15) is 0 Å². The van der Waals surface area contributed by atoms with Crippen LogP contribution in [0.5, 0.6) is 5.75 Å². The molecule has 2 aromatic rings. The van der Waals surface area contributed by atoms with Crippen LogP contribution in [0.4, 0.5) is 0 Å². The van der Waals surface area contributed by atoms with Crippen LogP contribution in [0.2, 0.25) is 0 Å². The van der Waals surface area contributed by atoms with Gasteiger partial charge in [0.1, 0.15) is 11.9 Å². The van der Waals surface area contributed by atoms with Crippen molar-refractivity contribution in [3.8, 4) is 5.75 Å². The monoisotopic (exact) mass is 326 g/mol. The number of hydrogen-bond acceptors (Lipinski definition) is 3. The zero-order valence-corrected chi connectivity index (χ0v) is 12.9. The Hall–Kier alpha value is -0.840. The minimum atomic E-state index is -0.587. The molecule has 1 unspecified atom stereocenters. The first-order chi connectivity index (χ1) is 8.52. The molecule has 96 valence electrons. The van der Waals surface area contributed by atoms with Crippen molar-refractivity contribution >= 4 is 27.3 Å². The molecule has 0 radical (unpaired) electrons. The fourth-order valence-electron chi connectivity index (χ4n) is 2.12. The minimum Gasteiger partial charge on any atom is -0.496 e. The highest BCUT2D eigenvalue weighted by atomic mass is 79.9. The number of aliphatic hydroxyl groups excluding tert-OH is 1. The van der Waals surface area contributed by atoms with Crippen LogP contribution in [-0.4, -0.2) is 12.2 Å². The average Bonchev–Trinajstić information content (AvgIpc) is 2.74. The second-order valence-electron chi connectivity index (χ2n) is 4.27. The van der Waals surface area contributed by atoms with E-state index in [1.807, 2.05) is 37.4 Å². The molecule has 2 nitrogen and oxygen atoms in total. The lowest BCUT2D eigenvalue weighted by Crippen LogP contribution is -2.01. The summed E-state index contributed by atoms with van der Waals surface area (Å²) in [6.45, 7) is 3.98. The second kappa shape index (κ2) is 5.43. The van der Waals surface area contributed by atoms with Gasteiger partial charge in [-0.25, -0.2) is 0 Å². The molecule has 2 rings (SSSR count). The third-order valence-corrected chi connectivity index (χ3v) is 4.43. The Morgan fingerprint density at radius 1 is 1.17 bits per heavy atom. The van der Waals surface area contributed by atoms with Crippen LogP contribution in [-0.2, 0) is 0 Å². The lowest BCUT2D eigenvalue weighted by atomic mass is 9.99. The van der Waals surface area contributed by atoms with Crippen molar-refractivity contribution in [3.05, 3.63) is 49.6 Å². The van der Waals surface area contributed by atoms with E-state index in [0.717, 1.165) is 31.8 Å². The van der Waals surface area contributed by atoms with E-state index < -0.39 is 6.10 Å². The van der Waals surface area contributed by atoms with Crippen molar-refractivity contribution in [2.45, 2.75) is 20.0 Å². The smallest absolute Gasteiger partial charge is 0.124 e. The highest BCUT2D eigenvalue weighted by Gasteiger charge is 2.15. The number of ether oxygens (including phenoxy) is 1. The molecule has 0 spiro atoms. The summed E-state index contributed by atoms with van der Waals surface area (Å²) < 4.78 is 6.36. The highest BCUT2D eigenvalue weighted by Crippen LogP contribution is 2.32. The number of methoxy groups -OCH3 is 1. The number of rotatable bonds is 3. The molecule has 1 heterocycles. The van der Waals surface area contributed by atoms with E-state index >= 15 is 0 Å². The summed E-state index contributed by atoms with van der Waals surface area (Å²) in [5, 5.41) is 12.3. The Balaban J connectivity index is 2.40. The van der Waals surface area contributed by atoms with Gasteiger partial charge in [0.05, 0.1) is 10.9 Å². The first kappa shape index (κ1) is 13.6. The van der Waals surface area contributed by atoms with Gasteiger partial charge < -0.3 is 9.84 Å². The standard InChI is InChI=1S/C14H15BrO2S/c1-8-4-10(5-9(2)14(8)17-3)13(16)11-6-12(15)18-7-11/h4-7,13,16H,1-3H3. The quantitative estimate of drug-likeness (QED) is 0.915. The van der Waals surface area contributed by atoms with E-state index in [4.69, 9.17) is 4.74 Å². The van der Waals surface area contributed by atoms with Crippen molar-refractivity contribution < 1.29 is 9.84 Å². The van der Waals surface area contributed by atoms with Crippen LogP contribution in [0.1, 0.15) is 28.4 Å². The number of thiophene rings is 1. The average molecular weight is 327 g/mol. The Labute approximate surface area is 119 Å². The number of aryl methyl sites for hydroxylation is 2. The fraction of sp³-hybridized carbons (Fsp3) is 0.286. The zero-order valence-electron chi connectivity index (χ0n) is 10.5. The Bertz CT molecular complexity index is 540. The molecule has 1 atom stereocenters. The summed E-state index contributed by atoms with van der Waals surface area (Å²) in [6.07, 6.45) is -0.587. The Morgan fingerprint density at radius 2 is 1.78 bits per heavy atom. The SMILES string of the molecule is COc1c(C)cc(C(O)c2csc(Br)c2)cc1C. The fourth-order valence-corrected chi connectivity index (χ4v) is 3.32. The molecule has 0 fully saturated rings. The molecule has 0 amide bonds. The summed E-state index contributed by atoms with van der Waals surface area (Å²) in [5.74, 6) is 0.887. The summed E-state index contributed by atoms with van der Waals surface area (Å²) in [5.41, 5.74) is 3.90. The van der Waals surface area contributed by atoms with Gasteiger partial charge in [-0.3, -0.25) is 0 Å². The molecule has 0 aliphatic rings. The molecule has 0 bridgehead atoms. The number of halogens is 1. The van der Waals surface area contributed by atoms with Crippen LogP contribution in [0.3, 0.4) is 0 Å². The predicted octanol–water partition coefficient (Wildman–Crippen LogP) is 4.22. The van der Waals surface area contributed by atoms with Crippen molar-refractivity contribution in [1.29, 1.82) is 0 Å². The molecule has 0 saturated heterocycles. The third kappa shape index (κ3) is 2.60. The molecular weight excluding hydrogens is 312 g/mol. The number of aliphatic hydroxyl groups is 1. The van der Waals surface area contributed by atoms with Gasteiger partial charge >= 0.3 is 0 Å². The predicted molar refractivity (Wildman–Crippen MR) is 78.5 cm³/mol. The first-order valence-electron chi connectivity index (χ1n) is 5.60. The number of benzene rings is 1. The molecule has 0 aliphatic heterocycles. The molecular formula is C14H15BrO2S.